The standard InChI is InChI=1S/C34H38N4O7S2/c1-5-23-19-34(23,31(40)37-47(42,43)25-13-14-25)36-30(39)27-18-24(20-38(27)32(41)45-33(2,3)4)44-29-17-22(28-12-9-15-46-28)16-26(35-29)21-10-7-6-8-11-21/h5-12,15-17,23-25,27H,1,13-14,18-20H2,2-4H3,(H,36,39)(H,37,40)/t23-,24-,27?,34-/m1/s1. The van der Waals surface area contributed by atoms with Gasteiger partial charge in [-0.25, -0.2) is 18.2 Å². The minimum Gasteiger partial charge on any atom is -0.472 e. The van der Waals surface area contributed by atoms with E-state index in [-0.39, 0.29) is 19.4 Å². The number of nitrogens with one attached hydrogen (secondary N) is 2. The number of rotatable bonds is 10. The monoisotopic (exact) mass is 678 g/mol. The van der Waals surface area contributed by atoms with E-state index < -0.39 is 62.4 Å². The average Bonchev–Trinajstić information content (AvgIpc) is 3.89. The Morgan fingerprint density at radius 2 is 1.83 bits per heavy atom. The van der Waals surface area contributed by atoms with E-state index in [0.29, 0.717) is 24.4 Å². The van der Waals surface area contributed by atoms with E-state index in [1.807, 2.05) is 60.0 Å². The molecule has 0 bridgehead atoms. The van der Waals surface area contributed by atoms with Gasteiger partial charge in [-0.1, -0.05) is 42.5 Å². The van der Waals surface area contributed by atoms with E-state index in [9.17, 15) is 22.8 Å². The van der Waals surface area contributed by atoms with Gasteiger partial charge in [-0.2, -0.15) is 0 Å². The van der Waals surface area contributed by atoms with Crippen LogP contribution >= 0.6 is 11.3 Å². The van der Waals surface area contributed by atoms with Gasteiger partial charge in [-0.05, 0) is 63.1 Å². The minimum atomic E-state index is -3.84. The molecule has 3 fully saturated rings. The molecule has 0 spiro atoms. The van der Waals surface area contributed by atoms with Gasteiger partial charge in [0, 0.05) is 28.8 Å². The van der Waals surface area contributed by atoms with Crippen LogP contribution in [0.15, 0.2) is 72.6 Å². The Morgan fingerprint density at radius 3 is 2.45 bits per heavy atom. The smallest absolute Gasteiger partial charge is 0.411 e. The largest absolute Gasteiger partial charge is 0.472 e. The van der Waals surface area contributed by atoms with Crippen LogP contribution < -0.4 is 14.8 Å². The Balaban J connectivity index is 1.26. The van der Waals surface area contributed by atoms with Crippen molar-refractivity contribution in [2.45, 2.75) is 75.0 Å². The number of benzene rings is 1. The van der Waals surface area contributed by atoms with Crippen molar-refractivity contribution in [1.29, 1.82) is 0 Å². The number of carbonyl (C=O) groups is 3. The summed E-state index contributed by atoms with van der Waals surface area (Å²) in [4.78, 5) is 47.7. The molecular formula is C34H38N4O7S2. The Hall–Kier alpha value is -4.23. The number of pyridine rings is 1. The molecule has 1 unspecified atom stereocenters. The molecule has 1 aromatic carbocycles. The van der Waals surface area contributed by atoms with Gasteiger partial charge in [0.05, 0.1) is 17.5 Å². The van der Waals surface area contributed by atoms with Crippen molar-refractivity contribution in [2.75, 3.05) is 6.54 Å². The highest BCUT2D eigenvalue weighted by molar-refractivity contribution is 7.91. The summed E-state index contributed by atoms with van der Waals surface area (Å²) >= 11 is 1.59. The third kappa shape index (κ3) is 7.20. The fourth-order valence-corrected chi connectivity index (χ4v) is 7.83. The number of carbonyl (C=O) groups excluding carboxylic acids is 3. The zero-order valence-corrected chi connectivity index (χ0v) is 28.1. The van der Waals surface area contributed by atoms with Gasteiger partial charge in [0.15, 0.2) is 0 Å². The SMILES string of the molecule is C=C[C@@H]1C[C@]1(NC(=O)C1C[C@@H](Oc2cc(-c3cccs3)cc(-c3ccccc3)n2)CN1C(=O)OC(C)(C)C)C(=O)NS(=O)(=O)C1CC1. The van der Waals surface area contributed by atoms with E-state index in [0.717, 1.165) is 16.0 Å². The van der Waals surface area contributed by atoms with Gasteiger partial charge in [0.2, 0.25) is 21.8 Å². The Morgan fingerprint density at radius 1 is 1.09 bits per heavy atom. The van der Waals surface area contributed by atoms with Crippen LogP contribution in [0.3, 0.4) is 0 Å². The third-order valence-corrected chi connectivity index (χ3v) is 11.1. The number of sulfonamides is 1. The fourth-order valence-electron chi connectivity index (χ4n) is 5.75. The second-order valence-electron chi connectivity index (χ2n) is 13.2. The molecule has 3 aliphatic rings. The molecule has 2 aliphatic carbocycles. The molecule has 3 aromatic rings. The average molecular weight is 679 g/mol. The number of hydrogen-bond acceptors (Lipinski definition) is 9. The summed E-state index contributed by atoms with van der Waals surface area (Å²) in [6, 6.07) is 16.5. The van der Waals surface area contributed by atoms with E-state index in [2.05, 4.69) is 16.6 Å². The molecule has 4 atom stereocenters. The predicted octanol–water partition coefficient (Wildman–Crippen LogP) is 4.90. The number of nitrogens with zero attached hydrogens (tertiary/aromatic N) is 2. The van der Waals surface area contributed by atoms with Crippen molar-refractivity contribution in [1.82, 2.24) is 19.9 Å². The zero-order valence-electron chi connectivity index (χ0n) is 26.5. The van der Waals surface area contributed by atoms with Crippen LogP contribution in [0.2, 0.25) is 0 Å². The van der Waals surface area contributed by atoms with E-state index in [1.165, 1.54) is 11.0 Å². The van der Waals surface area contributed by atoms with Gasteiger partial charge in [0.1, 0.15) is 23.3 Å². The van der Waals surface area contributed by atoms with Crippen molar-refractivity contribution in [3.63, 3.8) is 0 Å². The second-order valence-corrected chi connectivity index (χ2v) is 16.1. The molecule has 2 aromatic heterocycles. The first-order valence-corrected chi connectivity index (χ1v) is 18.0. The highest BCUT2D eigenvalue weighted by Crippen LogP contribution is 2.45. The van der Waals surface area contributed by atoms with Crippen LogP contribution in [-0.2, 0) is 24.3 Å². The van der Waals surface area contributed by atoms with Crippen LogP contribution in [0.4, 0.5) is 4.79 Å². The molecule has 1 aliphatic heterocycles. The van der Waals surface area contributed by atoms with Crippen LogP contribution in [0.5, 0.6) is 5.88 Å². The van der Waals surface area contributed by atoms with E-state index >= 15 is 0 Å². The minimum absolute atomic E-state index is 0.0265. The molecule has 2 saturated carbocycles. The van der Waals surface area contributed by atoms with Gasteiger partial charge < -0.3 is 14.8 Å². The molecule has 6 rings (SSSR count). The number of thiophene rings is 1. The molecular weight excluding hydrogens is 641 g/mol. The number of amides is 3. The zero-order chi connectivity index (χ0) is 33.6. The second kappa shape index (κ2) is 12.4. The van der Waals surface area contributed by atoms with E-state index in [1.54, 1.807) is 32.1 Å². The van der Waals surface area contributed by atoms with E-state index in [4.69, 9.17) is 14.5 Å². The van der Waals surface area contributed by atoms with Gasteiger partial charge >= 0.3 is 6.09 Å². The molecule has 47 heavy (non-hydrogen) atoms. The van der Waals surface area contributed by atoms with Crippen molar-refractivity contribution < 1.29 is 32.3 Å². The molecule has 0 radical (unpaired) electrons. The molecule has 2 N–H and O–H groups in total. The number of aromatic nitrogens is 1. The molecule has 3 heterocycles. The maximum atomic E-state index is 13.9. The maximum absolute atomic E-state index is 13.9. The predicted molar refractivity (Wildman–Crippen MR) is 178 cm³/mol. The Bertz CT molecular complexity index is 1790. The van der Waals surface area contributed by atoms with Gasteiger partial charge in [-0.3, -0.25) is 19.2 Å². The van der Waals surface area contributed by atoms with Crippen molar-refractivity contribution >= 4 is 39.3 Å². The Labute approximate surface area is 278 Å². The Kier molecular flexibility index (Phi) is 8.64. The van der Waals surface area contributed by atoms with Crippen LogP contribution in [-0.4, -0.2) is 71.3 Å². The summed E-state index contributed by atoms with van der Waals surface area (Å²) < 4.78 is 39.3. The molecule has 13 heteroatoms. The van der Waals surface area contributed by atoms with Crippen molar-refractivity contribution in [3.05, 3.63) is 72.6 Å². The number of likely N-dealkylation sites (tertiary alicyclic amines) is 1. The lowest BCUT2D eigenvalue weighted by atomic mass is 10.1. The summed E-state index contributed by atoms with van der Waals surface area (Å²) in [7, 11) is -3.84. The lowest BCUT2D eigenvalue weighted by Gasteiger charge is -2.29. The van der Waals surface area contributed by atoms with Gasteiger partial charge in [-0.15, -0.1) is 17.9 Å². The summed E-state index contributed by atoms with van der Waals surface area (Å²) in [5.74, 6) is -1.55. The lowest BCUT2D eigenvalue weighted by molar-refractivity contribution is -0.131. The fraction of sp³-hybridized carbons (Fsp3) is 0.412. The van der Waals surface area contributed by atoms with Gasteiger partial charge in [0.25, 0.3) is 5.91 Å². The summed E-state index contributed by atoms with van der Waals surface area (Å²) in [5, 5.41) is 4.16. The van der Waals surface area contributed by atoms with Crippen molar-refractivity contribution in [3.8, 4) is 27.6 Å². The molecule has 1 saturated heterocycles. The van der Waals surface area contributed by atoms with Crippen molar-refractivity contribution in [2.24, 2.45) is 5.92 Å². The summed E-state index contributed by atoms with van der Waals surface area (Å²) in [6.07, 6.45) is 1.43. The first-order chi connectivity index (χ1) is 22.3. The number of ether oxygens (including phenoxy) is 2. The van der Waals surface area contributed by atoms with Crippen LogP contribution in [0.1, 0.15) is 46.5 Å². The number of hydrogen-bond donors (Lipinski definition) is 2. The third-order valence-electron chi connectivity index (χ3n) is 8.41. The normalized spacial score (nSPS) is 23.9. The lowest BCUT2D eigenvalue weighted by Crippen LogP contribution is -2.56. The highest BCUT2D eigenvalue weighted by atomic mass is 32.2. The first kappa shape index (κ1) is 32.7. The summed E-state index contributed by atoms with van der Waals surface area (Å²) in [6.45, 7) is 8.97. The first-order valence-electron chi connectivity index (χ1n) is 15.6. The molecule has 248 valence electrons. The topological polar surface area (TPSA) is 144 Å². The maximum Gasteiger partial charge on any atom is 0.411 e. The molecule has 11 nitrogen and oxygen atoms in total. The quantitative estimate of drug-likeness (QED) is 0.288. The van der Waals surface area contributed by atoms with Crippen LogP contribution in [0.25, 0.3) is 21.7 Å². The highest BCUT2D eigenvalue weighted by Gasteiger charge is 2.62. The summed E-state index contributed by atoms with van der Waals surface area (Å²) in [5.41, 5.74) is 0.212. The van der Waals surface area contributed by atoms with Crippen LogP contribution in [0, 0.1) is 5.92 Å². The molecule has 3 amide bonds.